The van der Waals surface area contributed by atoms with Crippen LogP contribution in [0, 0.1) is 0 Å². The lowest BCUT2D eigenvalue weighted by Gasteiger charge is -2.13. The van der Waals surface area contributed by atoms with Gasteiger partial charge in [-0.1, -0.05) is 6.92 Å². The van der Waals surface area contributed by atoms with Crippen molar-refractivity contribution in [2.45, 2.75) is 12.8 Å². The van der Waals surface area contributed by atoms with Gasteiger partial charge in [0.25, 0.3) is 0 Å². The minimum absolute atomic E-state index is 0.200. The van der Waals surface area contributed by atoms with E-state index in [0.29, 0.717) is 5.75 Å². The van der Waals surface area contributed by atoms with E-state index >= 15 is 0 Å². The van der Waals surface area contributed by atoms with Gasteiger partial charge in [0.2, 0.25) is 0 Å². The van der Waals surface area contributed by atoms with E-state index in [2.05, 4.69) is 10.6 Å². The largest absolute Gasteiger partial charge is 0.374 e. The van der Waals surface area contributed by atoms with Gasteiger partial charge in [-0.25, -0.2) is 5.84 Å². The van der Waals surface area contributed by atoms with Gasteiger partial charge in [0, 0.05) is 5.75 Å². The van der Waals surface area contributed by atoms with Crippen LogP contribution in [0.25, 0.3) is 0 Å². The molecule has 0 rings (SSSR count). The summed E-state index contributed by atoms with van der Waals surface area (Å²) >= 11 is 1.58. The molecule has 0 saturated carbocycles. The number of hydrogen-bond acceptors (Lipinski definition) is 4. The number of carbonyl (C=O) groups is 1. The van der Waals surface area contributed by atoms with Crippen LogP contribution >= 0.6 is 11.8 Å². The van der Waals surface area contributed by atoms with Crippen LogP contribution in [0.2, 0.25) is 0 Å². The molecular weight excluding hydrogens is 214 g/mol. The van der Waals surface area contributed by atoms with Crippen LogP contribution in [0.3, 0.4) is 0 Å². The highest BCUT2D eigenvalue weighted by molar-refractivity contribution is 7.99. The van der Waals surface area contributed by atoms with Gasteiger partial charge in [0.15, 0.2) is 0 Å². The molecule has 7 heteroatoms. The number of nitrogens with one attached hydrogen (secondary N) is 1. The Morgan fingerprint density at radius 3 is 2.79 bits per heavy atom. The summed E-state index contributed by atoms with van der Waals surface area (Å²) in [6, 6.07) is 0. The molecule has 0 saturated heterocycles. The van der Waals surface area contributed by atoms with Crippen molar-refractivity contribution in [3.63, 3.8) is 0 Å². The molecule has 0 fully saturated rings. The summed E-state index contributed by atoms with van der Waals surface area (Å²) < 4.78 is 30.0. The first-order valence-corrected chi connectivity index (χ1v) is 5.24. The Labute approximate surface area is 85.5 Å². The molecule has 0 aliphatic heterocycles. The normalized spacial score (nSPS) is 11.4. The summed E-state index contributed by atoms with van der Waals surface area (Å²) in [6.07, 6.45) is 0. The van der Waals surface area contributed by atoms with Gasteiger partial charge < -0.3 is 4.74 Å². The molecule has 0 heterocycles. The van der Waals surface area contributed by atoms with E-state index in [-0.39, 0.29) is 6.61 Å². The molecule has 14 heavy (non-hydrogen) atoms. The first-order chi connectivity index (χ1) is 6.54. The second kappa shape index (κ2) is 6.97. The minimum Gasteiger partial charge on any atom is -0.374 e. The average molecular weight is 228 g/mol. The van der Waals surface area contributed by atoms with Crippen molar-refractivity contribution in [1.29, 1.82) is 0 Å². The lowest BCUT2D eigenvalue weighted by molar-refractivity contribution is -0.154. The highest BCUT2D eigenvalue weighted by atomic mass is 32.2. The summed E-state index contributed by atoms with van der Waals surface area (Å²) in [5, 5.41) is 0. The van der Waals surface area contributed by atoms with Crippen molar-refractivity contribution in [2.75, 3.05) is 24.7 Å². The summed E-state index contributed by atoms with van der Waals surface area (Å²) in [5.74, 6) is 1.04. The van der Waals surface area contributed by atoms with Crippen molar-refractivity contribution in [3.05, 3.63) is 0 Å². The van der Waals surface area contributed by atoms with Gasteiger partial charge in [0.1, 0.15) is 6.61 Å². The summed E-state index contributed by atoms with van der Waals surface area (Å²) in [5.41, 5.74) is 1.38. The van der Waals surface area contributed by atoms with Crippen LogP contribution in [-0.2, 0) is 9.53 Å². The van der Waals surface area contributed by atoms with Crippen molar-refractivity contribution < 1.29 is 18.3 Å². The smallest absolute Gasteiger partial charge is 0.348 e. The zero-order chi connectivity index (χ0) is 11.0. The second-order valence-electron chi connectivity index (χ2n) is 2.43. The molecule has 0 atom stereocenters. The summed E-state index contributed by atoms with van der Waals surface area (Å²) in [6.45, 7) is 1.23. The van der Waals surface area contributed by atoms with E-state index in [1.54, 1.807) is 11.8 Å². The molecule has 4 nitrogen and oxygen atoms in total. The van der Waals surface area contributed by atoms with E-state index < -0.39 is 18.4 Å². The van der Waals surface area contributed by atoms with Gasteiger partial charge in [-0.15, -0.1) is 0 Å². The van der Waals surface area contributed by atoms with Gasteiger partial charge in [-0.2, -0.15) is 20.5 Å². The molecule has 0 aliphatic carbocycles. The lowest BCUT2D eigenvalue weighted by atomic mass is 10.3. The average Bonchev–Trinajstić information content (AvgIpc) is 2.16. The van der Waals surface area contributed by atoms with Crippen LogP contribution in [0.15, 0.2) is 0 Å². The van der Waals surface area contributed by atoms with Crippen LogP contribution < -0.4 is 11.3 Å². The van der Waals surface area contributed by atoms with Crippen molar-refractivity contribution >= 4 is 17.7 Å². The molecule has 0 radical (unpaired) electrons. The molecule has 0 unspecified atom stereocenters. The molecule has 84 valence electrons. The number of halogens is 2. The Morgan fingerprint density at radius 1 is 1.64 bits per heavy atom. The quantitative estimate of drug-likeness (QED) is 0.286. The first kappa shape index (κ1) is 13.6. The van der Waals surface area contributed by atoms with Crippen LogP contribution in [0.4, 0.5) is 8.78 Å². The molecule has 0 aromatic carbocycles. The third kappa shape index (κ3) is 5.36. The first-order valence-electron chi connectivity index (χ1n) is 4.09. The van der Waals surface area contributed by atoms with Gasteiger partial charge in [0.05, 0.1) is 6.61 Å². The summed E-state index contributed by atoms with van der Waals surface area (Å²) in [4.78, 5) is 10.5. The van der Waals surface area contributed by atoms with Crippen LogP contribution in [-0.4, -0.2) is 36.5 Å². The predicted octanol–water partition coefficient (Wildman–Crippen LogP) is 0.381. The highest BCUT2D eigenvalue weighted by Crippen LogP contribution is 2.13. The number of rotatable bonds is 7. The van der Waals surface area contributed by atoms with Crippen LogP contribution in [0.5, 0.6) is 0 Å². The Kier molecular flexibility index (Phi) is 6.77. The van der Waals surface area contributed by atoms with Crippen LogP contribution in [0.1, 0.15) is 6.92 Å². The minimum atomic E-state index is -3.55. The molecule has 1 amide bonds. The van der Waals surface area contributed by atoms with E-state index in [1.165, 1.54) is 5.43 Å². The maximum atomic E-state index is 12.7. The molecule has 0 aromatic heterocycles. The lowest BCUT2D eigenvalue weighted by Crippen LogP contribution is -2.46. The number of carbonyl (C=O) groups excluding carboxylic acids is 1. The fourth-order valence-corrected chi connectivity index (χ4v) is 1.16. The van der Waals surface area contributed by atoms with E-state index in [1.807, 2.05) is 6.92 Å². The standard InChI is InChI=1S/C7H14F2N2O2S/c1-2-14-4-3-13-5-7(8,9)6(12)11-10/h2-5,10H2,1H3,(H,11,12). The van der Waals surface area contributed by atoms with Gasteiger partial charge in [-0.3, -0.25) is 10.2 Å². The number of thioether (sulfide) groups is 1. The number of hydrogen-bond donors (Lipinski definition) is 2. The van der Waals surface area contributed by atoms with Crippen molar-refractivity contribution in [2.24, 2.45) is 5.84 Å². The van der Waals surface area contributed by atoms with E-state index in [0.717, 1.165) is 5.75 Å². The third-order valence-electron chi connectivity index (χ3n) is 1.32. The number of ether oxygens (including phenoxy) is 1. The van der Waals surface area contributed by atoms with Crippen molar-refractivity contribution in [3.8, 4) is 0 Å². The predicted molar refractivity (Wildman–Crippen MR) is 51.1 cm³/mol. The number of nitrogens with two attached hydrogens (primary N) is 1. The number of alkyl halides is 2. The summed E-state index contributed by atoms with van der Waals surface area (Å²) in [7, 11) is 0. The fraction of sp³-hybridized carbons (Fsp3) is 0.857. The van der Waals surface area contributed by atoms with E-state index in [9.17, 15) is 13.6 Å². The van der Waals surface area contributed by atoms with Crippen molar-refractivity contribution in [1.82, 2.24) is 5.43 Å². The maximum Gasteiger partial charge on any atom is 0.348 e. The zero-order valence-corrected chi connectivity index (χ0v) is 8.70. The third-order valence-corrected chi connectivity index (χ3v) is 2.19. The van der Waals surface area contributed by atoms with E-state index in [4.69, 9.17) is 0 Å². The SMILES string of the molecule is CCSCCOCC(F)(F)C(=O)NN. The topological polar surface area (TPSA) is 64.3 Å². The Hall–Kier alpha value is -0.400. The molecule has 0 spiro atoms. The Bertz CT molecular complexity index is 181. The molecule has 0 aliphatic rings. The molecular formula is C7H14F2N2O2S. The molecule has 0 aromatic rings. The zero-order valence-electron chi connectivity index (χ0n) is 7.89. The fourth-order valence-electron chi connectivity index (χ4n) is 0.634. The Morgan fingerprint density at radius 2 is 2.29 bits per heavy atom. The second-order valence-corrected chi connectivity index (χ2v) is 3.82. The molecule has 3 N–H and O–H groups in total. The monoisotopic (exact) mass is 228 g/mol. The molecule has 0 bridgehead atoms. The number of hydrazine groups is 1. The Balaban J connectivity index is 3.60. The highest BCUT2D eigenvalue weighted by Gasteiger charge is 2.38. The number of amides is 1. The van der Waals surface area contributed by atoms with Gasteiger partial charge >= 0.3 is 11.8 Å². The van der Waals surface area contributed by atoms with Gasteiger partial charge in [-0.05, 0) is 5.75 Å². The maximum absolute atomic E-state index is 12.7.